The molecule has 188 valence electrons. The summed E-state index contributed by atoms with van der Waals surface area (Å²) in [5.41, 5.74) is 5.84. The number of hydrogen-bond acceptors (Lipinski definition) is 4. The average Bonchev–Trinajstić information content (AvgIpc) is 3.14. The second kappa shape index (κ2) is 9.62. The minimum atomic E-state index is -0.122. The maximum atomic E-state index is 13.9. The van der Waals surface area contributed by atoms with Crippen LogP contribution in [0, 0.1) is 0 Å². The predicted molar refractivity (Wildman–Crippen MR) is 139 cm³/mol. The summed E-state index contributed by atoms with van der Waals surface area (Å²) in [4.78, 5) is 35.4. The van der Waals surface area contributed by atoms with Gasteiger partial charge in [0.25, 0.3) is 0 Å². The number of carbonyl (C=O) groups is 2. The number of hydrogen-bond donors (Lipinski definition) is 1. The van der Waals surface area contributed by atoms with Crippen molar-refractivity contribution in [2.75, 3.05) is 39.3 Å². The van der Waals surface area contributed by atoms with Gasteiger partial charge in [-0.05, 0) is 48.6 Å². The van der Waals surface area contributed by atoms with Gasteiger partial charge in [0, 0.05) is 68.4 Å². The Labute approximate surface area is 212 Å². The first-order valence-corrected chi connectivity index (χ1v) is 13.2. The third-order valence-corrected chi connectivity index (χ3v) is 8.05. The summed E-state index contributed by atoms with van der Waals surface area (Å²) >= 11 is 0. The number of nitrogens with zero attached hydrogens (tertiary/aromatic N) is 3. The Bertz CT molecular complexity index is 1290. The highest BCUT2D eigenvalue weighted by molar-refractivity contribution is 5.90. The molecule has 2 aliphatic heterocycles. The average molecular weight is 487 g/mol. The van der Waals surface area contributed by atoms with Crippen molar-refractivity contribution in [3.63, 3.8) is 0 Å². The molecule has 7 nitrogen and oxygen atoms in total. The number of benzene rings is 2. The topological polar surface area (TPSA) is 68.9 Å². The molecule has 1 aromatic heterocycles. The van der Waals surface area contributed by atoms with Gasteiger partial charge in [0.1, 0.15) is 12.4 Å². The molecule has 1 atom stereocenters. The zero-order valence-corrected chi connectivity index (χ0v) is 21.0. The first kappa shape index (κ1) is 23.1. The van der Waals surface area contributed by atoms with Crippen LogP contribution in [0.1, 0.15) is 48.1 Å². The van der Waals surface area contributed by atoms with E-state index >= 15 is 0 Å². The van der Waals surface area contributed by atoms with Crippen LogP contribution in [0.2, 0.25) is 0 Å². The number of aromatic amines is 1. The van der Waals surface area contributed by atoms with Gasteiger partial charge in [0.2, 0.25) is 11.8 Å². The normalized spacial score (nSPS) is 20.4. The van der Waals surface area contributed by atoms with Crippen molar-refractivity contribution in [1.29, 1.82) is 0 Å². The van der Waals surface area contributed by atoms with E-state index in [4.69, 9.17) is 4.74 Å². The standard InChI is InChI=1S/C29H34N4O3/c1-20(34)32-13-11-31(12-14-32)18-21-9-10-27-22(17-21)19-33(15-16-36-27)29(35)25-7-4-6-24-23-5-2-3-8-26(23)30-28(24)25/h2-3,5,8-10,17,25,30H,4,6-7,11-16,18-19H2,1H3/t25-/m0/s1. The van der Waals surface area contributed by atoms with Gasteiger partial charge in [-0.25, -0.2) is 0 Å². The van der Waals surface area contributed by atoms with Crippen molar-refractivity contribution in [3.8, 4) is 5.75 Å². The van der Waals surface area contributed by atoms with Gasteiger partial charge in [-0.2, -0.15) is 0 Å². The molecule has 7 heteroatoms. The maximum Gasteiger partial charge on any atom is 0.232 e. The summed E-state index contributed by atoms with van der Waals surface area (Å²) in [6.45, 7) is 7.49. The number of ether oxygens (including phenoxy) is 1. The SMILES string of the molecule is CC(=O)N1CCN(Cc2ccc3c(c2)CN(C(=O)[C@H]2CCCc4c2[nH]c2ccccc42)CCO3)CC1. The lowest BCUT2D eigenvalue weighted by molar-refractivity contribution is -0.134. The Hall–Kier alpha value is -3.32. The van der Waals surface area contributed by atoms with Crippen LogP contribution >= 0.6 is 0 Å². The highest BCUT2D eigenvalue weighted by Gasteiger charge is 2.33. The summed E-state index contributed by atoms with van der Waals surface area (Å²) in [6.07, 6.45) is 2.95. The molecular weight excluding hydrogens is 452 g/mol. The van der Waals surface area contributed by atoms with E-state index in [1.165, 1.54) is 16.5 Å². The fourth-order valence-electron chi connectivity index (χ4n) is 6.10. The summed E-state index contributed by atoms with van der Waals surface area (Å²) in [6, 6.07) is 14.8. The van der Waals surface area contributed by atoms with Gasteiger partial charge in [-0.15, -0.1) is 0 Å². The largest absolute Gasteiger partial charge is 0.491 e. The zero-order chi connectivity index (χ0) is 24.6. The van der Waals surface area contributed by atoms with Crippen LogP contribution in [0.5, 0.6) is 5.75 Å². The van der Waals surface area contributed by atoms with Gasteiger partial charge < -0.3 is 19.5 Å². The molecule has 1 saturated heterocycles. The number of aromatic nitrogens is 1. The molecule has 0 unspecified atom stereocenters. The van der Waals surface area contributed by atoms with E-state index in [-0.39, 0.29) is 17.7 Å². The number of fused-ring (bicyclic) bond motifs is 4. The smallest absolute Gasteiger partial charge is 0.232 e. The third kappa shape index (κ3) is 4.37. The number of aryl methyl sites for hydroxylation is 1. The van der Waals surface area contributed by atoms with Crippen LogP contribution in [-0.4, -0.2) is 70.8 Å². The molecule has 36 heavy (non-hydrogen) atoms. The number of nitrogens with one attached hydrogen (secondary N) is 1. The Morgan fingerprint density at radius 2 is 1.86 bits per heavy atom. The second-order valence-electron chi connectivity index (χ2n) is 10.3. The summed E-state index contributed by atoms with van der Waals surface area (Å²) in [5.74, 6) is 1.11. The van der Waals surface area contributed by atoms with Crippen LogP contribution in [-0.2, 0) is 29.1 Å². The van der Waals surface area contributed by atoms with E-state index in [9.17, 15) is 9.59 Å². The van der Waals surface area contributed by atoms with Crippen molar-refractivity contribution < 1.29 is 14.3 Å². The van der Waals surface area contributed by atoms with Crippen LogP contribution in [0.25, 0.3) is 10.9 Å². The van der Waals surface area contributed by atoms with E-state index < -0.39 is 0 Å². The van der Waals surface area contributed by atoms with E-state index in [0.717, 1.165) is 74.5 Å². The van der Waals surface area contributed by atoms with Crippen LogP contribution in [0.3, 0.4) is 0 Å². The zero-order valence-electron chi connectivity index (χ0n) is 21.0. The van der Waals surface area contributed by atoms with Crippen LogP contribution in [0.4, 0.5) is 0 Å². The number of carbonyl (C=O) groups excluding carboxylic acids is 2. The summed E-state index contributed by atoms with van der Waals surface area (Å²) in [5, 5.41) is 1.25. The lowest BCUT2D eigenvalue weighted by atomic mass is 9.85. The fraction of sp³-hybridized carbons (Fsp3) is 0.448. The molecule has 3 aliphatic rings. The Kier molecular flexibility index (Phi) is 6.17. The predicted octanol–water partition coefficient (Wildman–Crippen LogP) is 3.67. The minimum Gasteiger partial charge on any atom is -0.491 e. The Morgan fingerprint density at radius 3 is 2.69 bits per heavy atom. The molecule has 0 spiro atoms. The van der Waals surface area contributed by atoms with E-state index in [1.54, 1.807) is 6.92 Å². The van der Waals surface area contributed by atoms with Crippen molar-refractivity contribution in [2.24, 2.45) is 0 Å². The molecule has 2 aromatic carbocycles. The molecule has 1 N–H and O–H groups in total. The molecule has 3 heterocycles. The monoisotopic (exact) mass is 486 g/mol. The van der Waals surface area contributed by atoms with Gasteiger partial charge in [0.15, 0.2) is 0 Å². The van der Waals surface area contributed by atoms with Gasteiger partial charge >= 0.3 is 0 Å². The fourth-order valence-corrected chi connectivity index (χ4v) is 6.10. The maximum absolute atomic E-state index is 13.9. The molecule has 6 rings (SSSR count). The number of para-hydroxylation sites is 1. The molecule has 1 aliphatic carbocycles. The molecule has 0 bridgehead atoms. The Morgan fingerprint density at radius 1 is 1.03 bits per heavy atom. The van der Waals surface area contributed by atoms with Gasteiger partial charge in [-0.1, -0.05) is 24.3 Å². The number of H-pyrrole nitrogens is 1. The molecular formula is C29H34N4O3. The van der Waals surface area contributed by atoms with Crippen LogP contribution < -0.4 is 4.74 Å². The minimum absolute atomic E-state index is 0.122. The third-order valence-electron chi connectivity index (χ3n) is 8.05. The van der Waals surface area contributed by atoms with Gasteiger partial charge in [0.05, 0.1) is 12.5 Å². The van der Waals surface area contributed by atoms with E-state index in [0.29, 0.717) is 19.7 Å². The molecule has 2 amide bonds. The van der Waals surface area contributed by atoms with Crippen molar-refractivity contribution >= 4 is 22.7 Å². The number of piperazine rings is 1. The molecule has 1 fully saturated rings. The number of amides is 2. The van der Waals surface area contributed by atoms with Crippen LogP contribution in [0.15, 0.2) is 42.5 Å². The molecule has 0 saturated carbocycles. The first-order valence-electron chi connectivity index (χ1n) is 13.2. The Balaban J connectivity index is 1.19. The lowest BCUT2D eigenvalue weighted by Gasteiger charge is -2.34. The highest BCUT2D eigenvalue weighted by atomic mass is 16.5. The summed E-state index contributed by atoms with van der Waals surface area (Å²) < 4.78 is 6.06. The van der Waals surface area contributed by atoms with Gasteiger partial charge in [-0.3, -0.25) is 14.5 Å². The first-order chi connectivity index (χ1) is 17.6. The molecule has 0 radical (unpaired) electrons. The lowest BCUT2D eigenvalue weighted by Crippen LogP contribution is -2.47. The van der Waals surface area contributed by atoms with Crippen molar-refractivity contribution in [1.82, 2.24) is 19.7 Å². The van der Waals surface area contributed by atoms with Crippen molar-refractivity contribution in [2.45, 2.75) is 45.2 Å². The second-order valence-corrected chi connectivity index (χ2v) is 10.3. The summed E-state index contributed by atoms with van der Waals surface area (Å²) in [7, 11) is 0. The van der Waals surface area contributed by atoms with E-state index in [1.807, 2.05) is 15.9 Å². The van der Waals surface area contributed by atoms with Crippen molar-refractivity contribution in [3.05, 3.63) is 64.8 Å². The quantitative estimate of drug-likeness (QED) is 0.613. The highest BCUT2D eigenvalue weighted by Crippen LogP contribution is 2.38. The van der Waals surface area contributed by atoms with E-state index in [2.05, 4.69) is 46.3 Å². The number of rotatable bonds is 3. The molecule has 3 aromatic rings.